The average Bonchev–Trinajstić information content (AvgIpc) is 0.674. The van der Waals surface area contributed by atoms with Crippen LogP contribution in [0, 0.1) is 50.2 Å². The highest BCUT2D eigenvalue weighted by atomic mass is 16.8. The van der Waals surface area contributed by atoms with Crippen molar-refractivity contribution in [3.05, 3.63) is 23.3 Å². The number of allylic oxidation sites excluding steroid dienone is 3. The van der Waals surface area contributed by atoms with Gasteiger partial charge in [-0.2, -0.15) is 0 Å². The Morgan fingerprint density at radius 2 is 1.29 bits per heavy atom. The van der Waals surface area contributed by atoms with Crippen LogP contribution in [0.15, 0.2) is 23.3 Å². The van der Waals surface area contributed by atoms with Crippen LogP contribution in [0.4, 0.5) is 0 Å². The lowest BCUT2D eigenvalue weighted by molar-refractivity contribution is -0.398. The zero-order valence-corrected chi connectivity index (χ0v) is 50.0. The Morgan fingerprint density at radius 3 is 1.91 bits per heavy atom. The molecule has 0 aromatic heterocycles. The Kier molecular flexibility index (Phi) is 19.3. The van der Waals surface area contributed by atoms with Gasteiger partial charge in [0.2, 0.25) is 0 Å². The fraction of sp³-hybridized carbons (Fsp3) is 0.864. The summed E-state index contributed by atoms with van der Waals surface area (Å²) < 4.78 is 60.5. The van der Waals surface area contributed by atoms with E-state index >= 15 is 0 Å². The first-order valence-electron chi connectivity index (χ1n) is 29.9. The van der Waals surface area contributed by atoms with Crippen molar-refractivity contribution in [3.8, 4) is 0 Å². The first kappa shape index (κ1) is 67.2. The molecule has 4 heterocycles. The second-order valence-corrected chi connectivity index (χ2v) is 27.3. The third-order valence-electron chi connectivity index (χ3n) is 22.2. The fourth-order valence-corrected chi connectivity index (χ4v) is 17.0. The number of carboxylic acid groups (broad SMARTS) is 1. The van der Waals surface area contributed by atoms with Crippen LogP contribution in [-0.4, -0.2) is 252 Å². The Balaban J connectivity index is 1.05. The summed E-state index contributed by atoms with van der Waals surface area (Å²) in [6, 6.07) is 0. The van der Waals surface area contributed by atoms with Crippen LogP contribution < -0.4 is 0 Å². The van der Waals surface area contributed by atoms with Gasteiger partial charge in [0.1, 0.15) is 97.8 Å². The molecule has 0 bridgehead atoms. The van der Waals surface area contributed by atoms with Gasteiger partial charge in [-0.15, -0.1) is 0 Å². The lowest BCUT2D eigenvalue weighted by Gasteiger charge is -2.72. The predicted molar refractivity (Wildman–Crippen MR) is 289 cm³/mol. The molecule has 5 aliphatic carbocycles. The SMILES string of the molecule is C/C=C(\C)C(=O)O[C@H]1[C@@H](OC(C)=O)[C@@]2(CO)[C@H](CC1(C)C)C1=CC[C@@H]3[C@@]4(C)CC[C@@H](O[C@H]5O[C@@H](C(=O)O)[C@H](O)[C@@H](O[C@H]6OC[C@H](O)[C@@H](O)[C@@H]6O[C@H]6OC[C@H](O)[C@@H](O)[C@@H]6O)[C@@H]5O[C@H]5O[C@@H](CO)[C@H](O)[C@@H](O)[C@@H]5O)[C@](C)(C=O)[C@@H]4CC[C@@]3(C)[C@]1(C)C[C@@H]2O. The maximum Gasteiger partial charge on any atom is 0.335 e. The summed E-state index contributed by atoms with van der Waals surface area (Å²) in [5.74, 6) is -4.24. The molecule has 0 radical (unpaired) electrons. The molecule has 0 aromatic carbocycles. The molecule has 0 aromatic rings. The van der Waals surface area contributed by atoms with Gasteiger partial charge in [0.25, 0.3) is 0 Å². The number of hydrogen-bond donors (Lipinski definition) is 13. The van der Waals surface area contributed by atoms with Crippen LogP contribution in [0.1, 0.15) is 107 Å². The van der Waals surface area contributed by atoms with Crippen LogP contribution in [0.25, 0.3) is 0 Å². The van der Waals surface area contributed by atoms with Crippen molar-refractivity contribution in [3.63, 3.8) is 0 Å². The minimum atomic E-state index is -2.28. The standard InChI is InChI=1S/C59H90O27/c1-10-24(2)49(76)86-46-47(79-25(3)63)59(23-62)27(17-54(46,4)5)26-11-12-32-55(6)15-14-34(56(7,22-61)31(55)13-16-57(32,8)58(26,9)18-33(59)66)81-53-45(85-51-40(72)38(70)37(69)30(19-60)80-51)42(41(73)43(83-53)48(74)75)82-52-44(36(68)29(65)21-78-52)84-50-39(71)35(67)28(64)20-77-50/h10-11,22,27-47,50-53,60,62,64-73H,12-21,23H2,1-9H3,(H,74,75)/b24-10+/t27-,28+,29+,30+,31-,32-,33+,34-,35-,36-,37+,38-,39+,40+,41-,42-,43-,44+,45+,46+,47-,50-,51-,52-,53+,55+,56-,57-,58-,59+/m1/s1. The molecule has 13 N–H and O–H groups in total. The number of fused-ring (bicyclic) bond motifs is 7. The smallest absolute Gasteiger partial charge is 0.335 e. The highest BCUT2D eigenvalue weighted by Crippen LogP contribution is 2.76. The van der Waals surface area contributed by atoms with Gasteiger partial charge in [-0.25, -0.2) is 9.59 Å². The molecule has 0 unspecified atom stereocenters. The number of ether oxygens (including phenoxy) is 10. The molecule has 27 heteroatoms. The zero-order chi connectivity index (χ0) is 63.3. The predicted octanol–water partition coefficient (Wildman–Crippen LogP) is -2.01. The molecule has 488 valence electrons. The number of aldehydes is 1. The largest absolute Gasteiger partial charge is 0.479 e. The highest BCUT2D eigenvalue weighted by molar-refractivity contribution is 5.87. The van der Waals surface area contributed by atoms with Crippen molar-refractivity contribution < 1.29 is 133 Å². The highest BCUT2D eigenvalue weighted by Gasteiger charge is 2.74. The second kappa shape index (κ2) is 24.8. The van der Waals surface area contributed by atoms with Gasteiger partial charge in [0.05, 0.1) is 49.5 Å². The molecule has 4 aliphatic heterocycles. The summed E-state index contributed by atoms with van der Waals surface area (Å²) in [6.45, 7) is 13.8. The van der Waals surface area contributed by atoms with Crippen molar-refractivity contribution in [2.24, 2.45) is 50.2 Å². The molecular weight excluding hydrogens is 1140 g/mol. The zero-order valence-electron chi connectivity index (χ0n) is 50.0. The third kappa shape index (κ3) is 10.9. The van der Waals surface area contributed by atoms with Crippen molar-refractivity contribution in [2.75, 3.05) is 26.4 Å². The van der Waals surface area contributed by atoms with Gasteiger partial charge in [-0.1, -0.05) is 59.3 Å². The minimum Gasteiger partial charge on any atom is -0.479 e. The van der Waals surface area contributed by atoms with Gasteiger partial charge >= 0.3 is 17.9 Å². The molecule has 4 saturated carbocycles. The number of aliphatic hydroxyl groups excluding tert-OH is 12. The number of carboxylic acids is 1. The summed E-state index contributed by atoms with van der Waals surface area (Å²) in [4.78, 5) is 53.8. The summed E-state index contributed by atoms with van der Waals surface area (Å²) in [5, 5.41) is 144. The third-order valence-corrected chi connectivity index (χ3v) is 22.2. The average molecular weight is 1230 g/mol. The van der Waals surface area contributed by atoms with E-state index in [1.54, 1.807) is 26.8 Å². The van der Waals surface area contributed by atoms with Crippen molar-refractivity contribution >= 4 is 24.2 Å². The van der Waals surface area contributed by atoms with Crippen LogP contribution in [-0.2, 0) is 66.5 Å². The van der Waals surface area contributed by atoms with E-state index in [0.717, 1.165) is 11.9 Å². The van der Waals surface area contributed by atoms with Crippen molar-refractivity contribution in [1.29, 1.82) is 0 Å². The maximum atomic E-state index is 14.2. The number of carbonyl (C=O) groups is 4. The van der Waals surface area contributed by atoms with E-state index in [1.165, 1.54) is 6.92 Å². The topological polar surface area (TPSA) is 424 Å². The Hall–Kier alpha value is -3.24. The quantitative estimate of drug-likeness (QED) is 0.0277. The van der Waals surface area contributed by atoms with E-state index in [9.17, 15) is 85.6 Å². The summed E-state index contributed by atoms with van der Waals surface area (Å²) in [5.41, 5.74) is -4.42. The minimum absolute atomic E-state index is 0.112. The number of esters is 2. The molecule has 0 spiro atoms. The summed E-state index contributed by atoms with van der Waals surface area (Å²) in [6.07, 6.45) is -32.4. The number of aliphatic carboxylic acids is 1. The van der Waals surface area contributed by atoms with Gasteiger partial charge in [0, 0.05) is 17.9 Å². The molecule has 86 heavy (non-hydrogen) atoms. The summed E-state index contributed by atoms with van der Waals surface area (Å²) in [7, 11) is 0. The normalized spacial score (nSPS) is 51.1. The monoisotopic (exact) mass is 1230 g/mol. The Morgan fingerprint density at radius 1 is 0.663 bits per heavy atom. The van der Waals surface area contributed by atoms with Crippen molar-refractivity contribution in [1.82, 2.24) is 0 Å². The number of aliphatic hydroxyl groups is 12. The fourth-order valence-electron chi connectivity index (χ4n) is 17.0. The number of hydrogen-bond acceptors (Lipinski definition) is 26. The molecule has 9 rings (SSSR count). The molecule has 4 saturated heterocycles. The molecule has 0 amide bonds. The van der Waals surface area contributed by atoms with Crippen LogP contribution in [0.5, 0.6) is 0 Å². The van der Waals surface area contributed by atoms with Gasteiger partial charge in [0.15, 0.2) is 31.3 Å². The molecule has 27 nitrogen and oxygen atoms in total. The van der Waals surface area contributed by atoms with Gasteiger partial charge < -0.3 is 119 Å². The van der Waals surface area contributed by atoms with E-state index in [0.29, 0.717) is 37.7 Å². The van der Waals surface area contributed by atoms with E-state index in [2.05, 4.69) is 26.8 Å². The second-order valence-electron chi connectivity index (χ2n) is 27.3. The first-order valence-corrected chi connectivity index (χ1v) is 29.9. The lowest BCUT2D eigenvalue weighted by atomic mass is 9.33. The maximum absolute atomic E-state index is 14.2. The molecular formula is C59H90O27. The van der Waals surface area contributed by atoms with Gasteiger partial charge in [-0.3, -0.25) is 4.79 Å². The van der Waals surface area contributed by atoms with Crippen LogP contribution >= 0.6 is 0 Å². The Bertz CT molecular complexity index is 2550. The van der Waals surface area contributed by atoms with Crippen LogP contribution in [0.2, 0.25) is 0 Å². The number of carbonyl (C=O) groups excluding carboxylic acids is 3. The molecule has 8 fully saturated rings. The van der Waals surface area contributed by atoms with Crippen LogP contribution in [0.3, 0.4) is 0 Å². The molecule has 30 atom stereocenters. The number of rotatable bonds is 15. The van der Waals surface area contributed by atoms with E-state index in [1.807, 2.05) is 13.8 Å². The summed E-state index contributed by atoms with van der Waals surface area (Å²) >= 11 is 0. The van der Waals surface area contributed by atoms with E-state index in [-0.39, 0.29) is 18.8 Å². The van der Waals surface area contributed by atoms with Gasteiger partial charge in [-0.05, 0) is 92.8 Å². The first-order chi connectivity index (χ1) is 40.3. The lowest BCUT2D eigenvalue weighted by Crippen LogP contribution is -2.72. The Labute approximate surface area is 498 Å². The van der Waals surface area contributed by atoms with E-state index < -0.39 is 224 Å². The van der Waals surface area contributed by atoms with E-state index in [4.69, 9.17) is 47.4 Å². The van der Waals surface area contributed by atoms with Crippen molar-refractivity contribution in [2.45, 2.75) is 242 Å². The molecule has 9 aliphatic rings.